The van der Waals surface area contributed by atoms with Crippen molar-refractivity contribution in [3.63, 3.8) is 0 Å². The highest BCUT2D eigenvalue weighted by molar-refractivity contribution is 7.99. The minimum absolute atomic E-state index is 0.0390. The number of hydrogen-bond acceptors (Lipinski definition) is 6. The molecule has 1 N–H and O–H groups in total. The van der Waals surface area contributed by atoms with Crippen LogP contribution in [0.4, 0.5) is 0 Å². The number of benzene rings is 1. The summed E-state index contributed by atoms with van der Waals surface area (Å²) in [7, 11) is 1.61. The van der Waals surface area contributed by atoms with Gasteiger partial charge in [0.15, 0.2) is 0 Å². The zero-order chi connectivity index (χ0) is 15.9. The number of rotatable bonds is 7. The lowest BCUT2D eigenvalue weighted by atomic mass is 10.2. The fourth-order valence-corrected chi connectivity index (χ4v) is 2.21. The van der Waals surface area contributed by atoms with E-state index in [4.69, 9.17) is 9.15 Å². The van der Waals surface area contributed by atoms with E-state index < -0.39 is 0 Å². The summed E-state index contributed by atoms with van der Waals surface area (Å²) in [5.41, 5.74) is 0.810. The molecule has 0 aliphatic carbocycles. The largest absolute Gasteiger partial charge is 0.497 e. The Morgan fingerprint density at radius 1 is 1.32 bits per heavy atom. The van der Waals surface area contributed by atoms with Crippen molar-refractivity contribution in [1.82, 2.24) is 15.5 Å². The van der Waals surface area contributed by atoms with E-state index in [0.29, 0.717) is 23.6 Å². The third-order valence-corrected chi connectivity index (χ3v) is 3.60. The summed E-state index contributed by atoms with van der Waals surface area (Å²) in [6.07, 6.45) is 0. The predicted molar refractivity (Wildman–Crippen MR) is 84.9 cm³/mol. The molecule has 0 spiro atoms. The van der Waals surface area contributed by atoms with Gasteiger partial charge in [0.1, 0.15) is 5.75 Å². The number of aromatic nitrogens is 2. The van der Waals surface area contributed by atoms with E-state index >= 15 is 0 Å². The molecule has 1 heterocycles. The van der Waals surface area contributed by atoms with Gasteiger partial charge in [0.05, 0.1) is 12.9 Å². The van der Waals surface area contributed by atoms with Crippen molar-refractivity contribution in [2.75, 3.05) is 19.4 Å². The van der Waals surface area contributed by atoms with Crippen molar-refractivity contribution in [3.05, 3.63) is 24.3 Å². The Labute approximate surface area is 133 Å². The number of methoxy groups -OCH3 is 1. The average Bonchev–Trinajstić information content (AvgIpc) is 3.00. The van der Waals surface area contributed by atoms with Crippen LogP contribution in [0.15, 0.2) is 33.9 Å². The molecule has 6 nitrogen and oxygen atoms in total. The number of amides is 1. The summed E-state index contributed by atoms with van der Waals surface area (Å²) in [4.78, 5) is 11.6. The van der Waals surface area contributed by atoms with Gasteiger partial charge in [-0.2, -0.15) is 0 Å². The van der Waals surface area contributed by atoms with Crippen LogP contribution >= 0.6 is 11.8 Å². The fourth-order valence-electron chi connectivity index (χ4n) is 1.61. The second kappa shape index (κ2) is 7.84. The molecule has 0 radical (unpaired) electrons. The van der Waals surface area contributed by atoms with Crippen molar-refractivity contribution in [3.8, 4) is 17.2 Å². The summed E-state index contributed by atoms with van der Waals surface area (Å²) in [5.74, 6) is 1.84. The van der Waals surface area contributed by atoms with Crippen molar-refractivity contribution in [2.24, 2.45) is 5.92 Å². The van der Waals surface area contributed by atoms with E-state index in [1.807, 2.05) is 38.1 Å². The molecule has 0 fully saturated rings. The van der Waals surface area contributed by atoms with E-state index in [1.165, 1.54) is 11.8 Å². The Balaban J connectivity index is 1.89. The Kier molecular flexibility index (Phi) is 5.83. The molecule has 1 amide bonds. The first-order chi connectivity index (χ1) is 10.6. The van der Waals surface area contributed by atoms with Gasteiger partial charge in [-0.3, -0.25) is 4.79 Å². The Bertz CT molecular complexity index is 611. The molecular formula is C15H19N3O3S. The van der Waals surface area contributed by atoms with Crippen LogP contribution in [0, 0.1) is 5.92 Å². The normalized spacial score (nSPS) is 10.7. The van der Waals surface area contributed by atoms with Gasteiger partial charge < -0.3 is 14.5 Å². The smallest absolute Gasteiger partial charge is 0.277 e. The lowest BCUT2D eigenvalue weighted by molar-refractivity contribution is -0.118. The first-order valence-corrected chi connectivity index (χ1v) is 7.94. The van der Waals surface area contributed by atoms with Gasteiger partial charge in [0.25, 0.3) is 5.22 Å². The van der Waals surface area contributed by atoms with Gasteiger partial charge in [0.2, 0.25) is 11.8 Å². The third-order valence-electron chi connectivity index (χ3n) is 2.78. The van der Waals surface area contributed by atoms with Crippen molar-refractivity contribution < 1.29 is 13.9 Å². The summed E-state index contributed by atoms with van der Waals surface area (Å²) in [5, 5.41) is 11.1. The predicted octanol–water partition coefficient (Wildman–Crippen LogP) is 2.61. The molecule has 2 aromatic rings. The monoisotopic (exact) mass is 321 g/mol. The van der Waals surface area contributed by atoms with E-state index in [2.05, 4.69) is 15.5 Å². The van der Waals surface area contributed by atoms with E-state index in [0.717, 1.165) is 11.3 Å². The molecule has 0 aliphatic rings. The van der Waals surface area contributed by atoms with E-state index in [9.17, 15) is 4.79 Å². The van der Waals surface area contributed by atoms with Crippen molar-refractivity contribution in [1.29, 1.82) is 0 Å². The highest BCUT2D eigenvalue weighted by Crippen LogP contribution is 2.24. The first kappa shape index (κ1) is 16.4. The molecule has 0 saturated carbocycles. The molecule has 0 atom stereocenters. The summed E-state index contributed by atoms with van der Waals surface area (Å²) in [6, 6.07) is 7.34. The van der Waals surface area contributed by atoms with Crippen LogP contribution in [0.3, 0.4) is 0 Å². The highest BCUT2D eigenvalue weighted by Gasteiger charge is 2.11. The van der Waals surface area contributed by atoms with E-state index in [-0.39, 0.29) is 11.7 Å². The van der Waals surface area contributed by atoms with Crippen molar-refractivity contribution in [2.45, 2.75) is 19.1 Å². The molecule has 7 heteroatoms. The molecule has 0 aliphatic heterocycles. The molecule has 118 valence electrons. The fraction of sp³-hybridized carbons (Fsp3) is 0.400. The Hall–Kier alpha value is -2.02. The van der Waals surface area contributed by atoms with Crippen LogP contribution < -0.4 is 10.1 Å². The van der Waals surface area contributed by atoms with Gasteiger partial charge in [0, 0.05) is 12.1 Å². The molecule has 22 heavy (non-hydrogen) atoms. The Morgan fingerprint density at radius 2 is 2.05 bits per heavy atom. The quantitative estimate of drug-likeness (QED) is 0.790. The number of thioether (sulfide) groups is 1. The maximum Gasteiger partial charge on any atom is 0.277 e. The lowest BCUT2D eigenvalue weighted by Gasteiger charge is -2.05. The molecular weight excluding hydrogens is 302 g/mol. The number of carbonyl (C=O) groups excluding carboxylic acids is 1. The number of nitrogens with one attached hydrogen (secondary N) is 1. The average molecular weight is 321 g/mol. The van der Waals surface area contributed by atoms with Gasteiger partial charge in [-0.15, -0.1) is 10.2 Å². The standard InChI is InChI=1S/C15H19N3O3S/c1-10(2)8-16-13(19)9-22-15-18-17-14(21-15)11-4-6-12(20-3)7-5-11/h4-7,10H,8-9H2,1-3H3,(H,16,19). The third kappa shape index (κ3) is 4.77. The van der Waals surface area contributed by atoms with Crippen LogP contribution in [-0.2, 0) is 4.79 Å². The Morgan fingerprint density at radius 3 is 2.68 bits per heavy atom. The summed E-state index contributed by atoms with van der Waals surface area (Å²) < 4.78 is 10.6. The van der Waals surface area contributed by atoms with Crippen LogP contribution in [-0.4, -0.2) is 35.5 Å². The highest BCUT2D eigenvalue weighted by atomic mass is 32.2. The second-order valence-corrected chi connectivity index (χ2v) is 6.01. The zero-order valence-electron chi connectivity index (χ0n) is 12.8. The number of nitrogens with zero attached hydrogens (tertiary/aromatic N) is 2. The number of carbonyl (C=O) groups is 1. The SMILES string of the molecule is COc1ccc(-c2nnc(SCC(=O)NCC(C)C)o2)cc1. The molecule has 0 saturated heterocycles. The summed E-state index contributed by atoms with van der Waals surface area (Å²) >= 11 is 1.23. The molecule has 1 aromatic heterocycles. The lowest BCUT2D eigenvalue weighted by Crippen LogP contribution is -2.28. The summed E-state index contributed by atoms with van der Waals surface area (Å²) in [6.45, 7) is 4.76. The first-order valence-electron chi connectivity index (χ1n) is 6.96. The van der Waals surface area contributed by atoms with Gasteiger partial charge in [-0.25, -0.2) is 0 Å². The van der Waals surface area contributed by atoms with Gasteiger partial charge in [-0.1, -0.05) is 25.6 Å². The van der Waals surface area contributed by atoms with Crippen LogP contribution in [0.25, 0.3) is 11.5 Å². The maximum atomic E-state index is 11.6. The van der Waals surface area contributed by atoms with E-state index in [1.54, 1.807) is 7.11 Å². The second-order valence-electron chi connectivity index (χ2n) is 5.09. The molecule has 2 rings (SSSR count). The van der Waals surface area contributed by atoms with Crippen LogP contribution in [0.1, 0.15) is 13.8 Å². The van der Waals surface area contributed by atoms with Crippen LogP contribution in [0.2, 0.25) is 0 Å². The van der Waals surface area contributed by atoms with Gasteiger partial charge >= 0.3 is 0 Å². The molecule has 0 bridgehead atoms. The molecule has 0 unspecified atom stereocenters. The van der Waals surface area contributed by atoms with Gasteiger partial charge in [-0.05, 0) is 30.2 Å². The van der Waals surface area contributed by atoms with Crippen molar-refractivity contribution >= 4 is 17.7 Å². The minimum Gasteiger partial charge on any atom is -0.497 e. The number of hydrogen-bond donors (Lipinski definition) is 1. The maximum absolute atomic E-state index is 11.6. The molecule has 1 aromatic carbocycles. The zero-order valence-corrected chi connectivity index (χ0v) is 13.6. The number of ether oxygens (including phenoxy) is 1. The minimum atomic E-state index is -0.0390. The topological polar surface area (TPSA) is 77.2 Å². The van der Waals surface area contributed by atoms with Crippen LogP contribution in [0.5, 0.6) is 5.75 Å².